The first-order valence-corrected chi connectivity index (χ1v) is 16.3. The van der Waals surface area contributed by atoms with Crippen molar-refractivity contribution < 1.29 is 18.1 Å². The molecule has 0 unspecified atom stereocenters. The molecule has 0 saturated carbocycles. The van der Waals surface area contributed by atoms with E-state index >= 15 is 0 Å². The second-order valence-corrected chi connectivity index (χ2v) is 12.9. The summed E-state index contributed by atoms with van der Waals surface area (Å²) in [4.78, 5) is 36.2. The smallest absolute Gasteiger partial charge is 0.256 e. The average Bonchev–Trinajstić information content (AvgIpc) is 3.48. The average molecular weight is 616 g/mol. The molecule has 0 spiro atoms. The number of ketones is 1. The van der Waals surface area contributed by atoms with Crippen molar-refractivity contribution in [3.8, 4) is 0 Å². The Hall–Kier alpha value is -3.92. The quantitative estimate of drug-likeness (QED) is 0.242. The molecule has 2 aromatic heterocycles. The van der Waals surface area contributed by atoms with E-state index in [4.69, 9.17) is 9.51 Å². The lowest BCUT2D eigenvalue weighted by molar-refractivity contribution is 0.0841. The van der Waals surface area contributed by atoms with Gasteiger partial charge in [0.2, 0.25) is 0 Å². The van der Waals surface area contributed by atoms with Gasteiger partial charge in [-0.15, -0.1) is 0 Å². The summed E-state index contributed by atoms with van der Waals surface area (Å²) in [6.07, 6.45) is 6.65. The summed E-state index contributed by atoms with van der Waals surface area (Å²) in [5.41, 5.74) is 4.27. The Labute approximate surface area is 261 Å². The van der Waals surface area contributed by atoms with Crippen molar-refractivity contribution in [3.63, 3.8) is 0 Å². The third-order valence-electron chi connectivity index (χ3n) is 10.1. The van der Waals surface area contributed by atoms with Crippen molar-refractivity contribution in [2.24, 2.45) is 5.92 Å². The third kappa shape index (κ3) is 5.92. The predicted octanol–water partition coefficient (Wildman–Crippen LogP) is 5.83. The number of Topliss-reactive ketones (excluding diaryl/α,β-unsaturated/α-hetero) is 1. The number of anilines is 1. The Morgan fingerprint density at radius 3 is 2.51 bits per heavy atom. The van der Waals surface area contributed by atoms with E-state index in [0.717, 1.165) is 99.3 Å². The number of aromatic nitrogens is 3. The number of carbonyl (C=O) groups excluding carboxylic acids is 1. The van der Waals surface area contributed by atoms with Crippen LogP contribution in [0.5, 0.6) is 0 Å². The first kappa shape index (κ1) is 29.8. The number of aryl methyl sites for hydroxylation is 2. The molecule has 45 heavy (non-hydrogen) atoms. The van der Waals surface area contributed by atoms with Gasteiger partial charge in [-0.3, -0.25) is 14.2 Å². The summed E-state index contributed by atoms with van der Waals surface area (Å²) in [6.45, 7) is 6.34. The maximum Gasteiger partial charge on any atom is 0.256 e. The summed E-state index contributed by atoms with van der Waals surface area (Å²) in [6, 6.07) is 9.00. The fraction of sp³-hybridized carbons (Fsp3) is 0.486. The highest BCUT2D eigenvalue weighted by atomic mass is 19.1. The van der Waals surface area contributed by atoms with Crippen LogP contribution in [0.25, 0.3) is 11.0 Å². The van der Waals surface area contributed by atoms with Crippen molar-refractivity contribution in [2.45, 2.75) is 70.8 Å². The normalized spacial score (nSPS) is 18.4. The van der Waals surface area contributed by atoms with Gasteiger partial charge in [0.1, 0.15) is 17.5 Å². The highest BCUT2D eigenvalue weighted by molar-refractivity contribution is 6.03. The molecular weight excluding hydrogens is 576 g/mol. The number of rotatable bonds is 7. The molecular formula is C35H39F2N5O3. The maximum atomic E-state index is 14.5. The topological polar surface area (TPSA) is 84.5 Å². The van der Waals surface area contributed by atoms with Gasteiger partial charge in [-0.2, -0.15) is 0 Å². The van der Waals surface area contributed by atoms with Crippen LogP contribution >= 0.6 is 0 Å². The Kier molecular flexibility index (Phi) is 8.25. The zero-order valence-corrected chi connectivity index (χ0v) is 25.7. The molecule has 0 radical (unpaired) electrons. The minimum atomic E-state index is -0.358. The van der Waals surface area contributed by atoms with Crippen LogP contribution in [0.2, 0.25) is 0 Å². The fourth-order valence-electron chi connectivity index (χ4n) is 7.52. The van der Waals surface area contributed by atoms with Gasteiger partial charge in [0.25, 0.3) is 5.56 Å². The number of fused-ring (bicyclic) bond motifs is 2. The number of hydrogen-bond donors (Lipinski definition) is 0. The highest BCUT2D eigenvalue weighted by Gasteiger charge is 2.31. The molecule has 2 aromatic carbocycles. The van der Waals surface area contributed by atoms with Crippen molar-refractivity contribution in [1.29, 1.82) is 0 Å². The van der Waals surface area contributed by atoms with Gasteiger partial charge in [-0.25, -0.2) is 13.8 Å². The van der Waals surface area contributed by atoms with Crippen molar-refractivity contribution in [2.75, 3.05) is 37.6 Å². The summed E-state index contributed by atoms with van der Waals surface area (Å²) in [5, 5.41) is 5.07. The second-order valence-electron chi connectivity index (χ2n) is 12.9. The van der Waals surface area contributed by atoms with Gasteiger partial charge < -0.3 is 14.3 Å². The summed E-state index contributed by atoms with van der Waals surface area (Å²) in [7, 11) is 0. The number of carbonyl (C=O) groups is 1. The van der Waals surface area contributed by atoms with Crippen molar-refractivity contribution >= 4 is 22.4 Å². The van der Waals surface area contributed by atoms with Gasteiger partial charge in [-0.05, 0) is 95.3 Å². The lowest BCUT2D eigenvalue weighted by Crippen LogP contribution is -2.39. The number of likely N-dealkylation sites (tertiary alicyclic amines) is 1. The molecule has 3 aliphatic rings. The molecule has 0 bridgehead atoms. The predicted molar refractivity (Wildman–Crippen MR) is 168 cm³/mol. The van der Waals surface area contributed by atoms with Crippen LogP contribution in [-0.2, 0) is 19.4 Å². The molecule has 0 N–H and O–H groups in total. The second kappa shape index (κ2) is 12.5. The molecule has 5 heterocycles. The van der Waals surface area contributed by atoms with E-state index in [0.29, 0.717) is 36.3 Å². The Morgan fingerprint density at radius 1 is 0.956 bits per heavy atom. The number of benzene rings is 2. The Balaban J connectivity index is 0.979. The highest BCUT2D eigenvalue weighted by Crippen LogP contribution is 2.36. The van der Waals surface area contributed by atoms with Gasteiger partial charge >= 0.3 is 0 Å². The van der Waals surface area contributed by atoms with Crippen LogP contribution in [0, 0.1) is 24.5 Å². The molecule has 3 aliphatic heterocycles. The molecule has 10 heteroatoms. The minimum Gasteiger partial charge on any atom is -0.371 e. The molecule has 4 aromatic rings. The molecule has 0 atom stereocenters. The van der Waals surface area contributed by atoms with Crippen molar-refractivity contribution in [3.05, 3.63) is 86.7 Å². The van der Waals surface area contributed by atoms with E-state index in [1.165, 1.54) is 24.3 Å². The van der Waals surface area contributed by atoms with Gasteiger partial charge in [0, 0.05) is 72.7 Å². The lowest BCUT2D eigenvalue weighted by atomic mass is 9.87. The van der Waals surface area contributed by atoms with E-state index in [9.17, 15) is 18.4 Å². The zero-order valence-electron chi connectivity index (χ0n) is 25.7. The van der Waals surface area contributed by atoms with Gasteiger partial charge in [-0.1, -0.05) is 5.16 Å². The standard InChI is InChI=1S/C35H39F2N5O3/c1-22-27(35(44)42-14-3-2-4-32(42)38-22)13-17-40-15-9-24(10-16-40)34(43)28-7-5-25(36)20-30(28)41-18-11-23(12-19-41)33-29-8-6-26(37)21-31(29)45-39-33/h5-8,20-21,23-24H,2-4,9-19H2,1H3. The van der Waals surface area contributed by atoms with E-state index in [1.54, 1.807) is 12.1 Å². The summed E-state index contributed by atoms with van der Waals surface area (Å²) in [5.74, 6) is 0.293. The number of piperidine rings is 2. The van der Waals surface area contributed by atoms with E-state index in [1.807, 2.05) is 11.5 Å². The van der Waals surface area contributed by atoms with E-state index in [-0.39, 0.29) is 34.8 Å². The van der Waals surface area contributed by atoms with E-state index in [2.05, 4.69) is 15.0 Å². The van der Waals surface area contributed by atoms with Crippen LogP contribution in [0.4, 0.5) is 14.5 Å². The number of hydrogen-bond acceptors (Lipinski definition) is 7. The van der Waals surface area contributed by atoms with Gasteiger partial charge in [0.15, 0.2) is 11.4 Å². The molecule has 2 saturated heterocycles. The molecule has 2 fully saturated rings. The zero-order chi connectivity index (χ0) is 31.1. The minimum absolute atomic E-state index is 0.0734. The summed E-state index contributed by atoms with van der Waals surface area (Å²) < 4.78 is 35.4. The Bertz CT molecular complexity index is 1780. The van der Waals surface area contributed by atoms with Crippen molar-refractivity contribution in [1.82, 2.24) is 19.6 Å². The SMILES string of the molecule is Cc1nc2n(c(=O)c1CCN1CCC(C(=O)c3ccc(F)cc3N3CCC(c4noc5cc(F)ccc45)CC3)CC1)CCCC2. The van der Waals surface area contributed by atoms with Crippen LogP contribution in [0.3, 0.4) is 0 Å². The Morgan fingerprint density at radius 2 is 1.71 bits per heavy atom. The molecule has 7 rings (SSSR count). The first-order valence-electron chi connectivity index (χ1n) is 16.3. The maximum absolute atomic E-state index is 14.5. The monoisotopic (exact) mass is 615 g/mol. The number of halogens is 2. The van der Waals surface area contributed by atoms with Crippen LogP contribution in [0.1, 0.15) is 77.6 Å². The van der Waals surface area contributed by atoms with Crippen LogP contribution in [0.15, 0.2) is 45.7 Å². The molecule has 0 aliphatic carbocycles. The summed E-state index contributed by atoms with van der Waals surface area (Å²) >= 11 is 0. The van der Waals surface area contributed by atoms with Gasteiger partial charge in [0.05, 0.1) is 11.4 Å². The lowest BCUT2D eigenvalue weighted by Gasteiger charge is -2.35. The van der Waals surface area contributed by atoms with Crippen LogP contribution < -0.4 is 10.5 Å². The number of nitrogens with zero attached hydrogens (tertiary/aromatic N) is 5. The molecule has 0 amide bonds. The first-order chi connectivity index (χ1) is 21.9. The molecule has 8 nitrogen and oxygen atoms in total. The van der Waals surface area contributed by atoms with Crippen LogP contribution in [-0.4, -0.2) is 58.1 Å². The fourth-order valence-corrected chi connectivity index (χ4v) is 7.52. The largest absolute Gasteiger partial charge is 0.371 e. The van der Waals surface area contributed by atoms with E-state index < -0.39 is 0 Å². The third-order valence-corrected chi connectivity index (χ3v) is 10.1. The molecule has 236 valence electrons.